The van der Waals surface area contributed by atoms with Gasteiger partial charge in [-0.15, -0.1) is 0 Å². The van der Waals surface area contributed by atoms with Gasteiger partial charge in [-0.05, 0) is 99.3 Å². The largest absolute Gasteiger partial charge is 0.508 e. The van der Waals surface area contributed by atoms with E-state index in [0.29, 0.717) is 5.56 Å². The van der Waals surface area contributed by atoms with Crippen molar-refractivity contribution in [1.82, 2.24) is 58.1 Å². The second kappa shape index (κ2) is 40.2. The van der Waals surface area contributed by atoms with Crippen LogP contribution in [0.1, 0.15) is 90.2 Å². The average molecular weight is 1450 g/mol. The highest BCUT2D eigenvalue weighted by molar-refractivity contribution is 8.76. The van der Waals surface area contributed by atoms with Gasteiger partial charge in [0.05, 0.1) is 31.1 Å². The molecule has 2 aliphatic rings. The number of primary amides is 2. The minimum atomic E-state index is -2.02. The van der Waals surface area contributed by atoms with Crippen LogP contribution >= 0.6 is 33.3 Å². The second-order valence-corrected chi connectivity index (χ2v) is 27.6. The van der Waals surface area contributed by atoms with Crippen molar-refractivity contribution in [1.29, 1.82) is 0 Å². The monoisotopic (exact) mass is 1450 g/mol. The number of hydrogen-bond acceptors (Lipinski definition) is 23. The van der Waals surface area contributed by atoms with E-state index in [1.807, 2.05) is 0 Å². The summed E-state index contributed by atoms with van der Waals surface area (Å²) < 4.78 is 0. The number of benzene rings is 2. The molecule has 0 bridgehead atoms. The van der Waals surface area contributed by atoms with Crippen molar-refractivity contribution >= 4 is 122 Å². The first-order chi connectivity index (χ1) is 46.6. The molecule has 13 amide bonds. The molecule has 4 rings (SSSR count). The SMILES string of the molecule is CSCC[C@@H]1NC(=O)[C@H](CCC(N)=O)NC(=O)[C@H](Cc2ccc(O)cc2)NC(=O)[C@H]([C@@H](C)O)NC(=O)[C@H]([C@@H](C)O)NC(=O)[C@@H]2CCCN2C(=O)[C@H](CC(N)=O)NC(=O)[C@H](Cc2ccc(O)cc2)NC(=O)[C@H](CC(C)C)NC(=O)[C@@H](N)CSSC[C@@H](C(=O)O)NC(=O)[C@H](CC(=O)O)NC1=O. The number of thioether (sulfide) groups is 1. The molecule has 0 unspecified atom stereocenters. The van der Waals surface area contributed by atoms with E-state index in [4.69, 9.17) is 17.2 Å². The van der Waals surface area contributed by atoms with Crippen LogP contribution in [0.25, 0.3) is 0 Å². The molecule has 99 heavy (non-hydrogen) atoms. The number of aliphatic carboxylic acids is 2. The summed E-state index contributed by atoms with van der Waals surface area (Å²) in [6, 6.07) is -10.1. The number of carboxylic acids is 2. The highest BCUT2D eigenvalue weighted by atomic mass is 33.1. The molecule has 0 radical (unpaired) electrons. The summed E-state index contributed by atoms with van der Waals surface area (Å²) in [5.74, 6) is -19.0. The highest BCUT2D eigenvalue weighted by Crippen LogP contribution is 2.24. The van der Waals surface area contributed by atoms with Gasteiger partial charge in [-0.1, -0.05) is 59.7 Å². The highest BCUT2D eigenvalue weighted by Gasteiger charge is 2.43. The van der Waals surface area contributed by atoms with Gasteiger partial charge in [0.2, 0.25) is 76.8 Å². The normalized spacial score (nSPS) is 26.1. The van der Waals surface area contributed by atoms with Gasteiger partial charge >= 0.3 is 11.9 Å². The molecule has 0 aromatic heterocycles. The van der Waals surface area contributed by atoms with Crippen molar-refractivity contribution < 1.29 is 103 Å². The van der Waals surface area contributed by atoms with E-state index in [-0.39, 0.29) is 73.1 Å². The van der Waals surface area contributed by atoms with Crippen LogP contribution in [-0.4, -0.2) is 239 Å². The molecule has 2 heterocycles. The zero-order valence-corrected chi connectivity index (χ0v) is 57.3. The summed E-state index contributed by atoms with van der Waals surface area (Å²) in [4.78, 5) is 207. The van der Waals surface area contributed by atoms with E-state index >= 15 is 0 Å². The first kappa shape index (κ1) is 82.4. The number of fused-ring (bicyclic) bond motifs is 1. The predicted octanol–water partition coefficient (Wildman–Crippen LogP) is -5.29. The predicted molar refractivity (Wildman–Crippen MR) is 358 cm³/mol. The molecular weight excluding hydrogens is 1360 g/mol. The van der Waals surface area contributed by atoms with Crippen LogP contribution in [0.4, 0.5) is 0 Å². The van der Waals surface area contributed by atoms with Crippen molar-refractivity contribution in [2.75, 3.05) is 30.1 Å². The quantitative estimate of drug-likeness (QED) is 0.0584. The zero-order chi connectivity index (χ0) is 74.0. The van der Waals surface area contributed by atoms with Crippen LogP contribution in [0.5, 0.6) is 11.5 Å². The standard InChI is InChI=1S/C61H88N14O21S3/c1-28(2)21-38-53(87)68-39(22-31-8-12-33(78)13-9-31)55(89)71-42(24-46(64)81)60(94)75-19-6-7-44(75)57(91)73-49(30(4)77)59(93)74-48(29(3)76)58(92)70-40(23-32-10-14-34(79)15-11-32)54(88)65-36(16-17-45(63)80)51(85)66-37(18-20-97-5)52(86)69-41(25-47(82)83)56(90)72-43(61(95)96)27-99-98-26-35(62)50(84)67-38/h8-15,28-30,35-44,48-49,76-79H,6-7,16-27,62H2,1-5H3,(H2,63,80)(H2,64,81)(H,65,88)(H,66,85)(H,67,84)(H,68,87)(H,69,86)(H,70,92)(H,71,89)(H,72,90)(H,73,91)(H,74,93)(H,82,83)(H,95,96)/t29-,30-,35+,36+,37+,38+,39+,40+,41+,42+,43+,44+,48+,49+/m1/s1. The van der Waals surface area contributed by atoms with E-state index in [2.05, 4.69) is 53.2 Å². The molecule has 0 saturated carbocycles. The molecule has 14 atom stereocenters. The maximum absolute atomic E-state index is 14.6. The number of nitrogens with zero attached hydrogens (tertiary/aromatic N) is 1. The topological polar surface area (TPSA) is 579 Å². The lowest BCUT2D eigenvalue weighted by atomic mass is 10.00. The Labute approximate surface area is 581 Å². The lowest BCUT2D eigenvalue weighted by molar-refractivity contribution is -0.144. The smallest absolute Gasteiger partial charge is 0.327 e. The van der Waals surface area contributed by atoms with Gasteiger partial charge in [0.15, 0.2) is 0 Å². The van der Waals surface area contributed by atoms with Crippen molar-refractivity contribution in [2.45, 2.75) is 177 Å². The molecule has 0 spiro atoms. The van der Waals surface area contributed by atoms with E-state index in [9.17, 15) is 103 Å². The van der Waals surface area contributed by atoms with Gasteiger partial charge in [-0.3, -0.25) is 67.1 Å². The van der Waals surface area contributed by atoms with Gasteiger partial charge in [0.25, 0.3) is 0 Å². The first-order valence-electron chi connectivity index (χ1n) is 31.4. The van der Waals surface area contributed by atoms with Crippen LogP contribution in [0.3, 0.4) is 0 Å². The Balaban J connectivity index is 1.83. The third-order valence-corrected chi connectivity index (χ3v) is 18.5. The number of rotatable bonds is 19. The lowest BCUT2D eigenvalue weighted by Gasteiger charge is -2.31. The number of carbonyl (C=O) groups is 15. The number of aliphatic hydroxyl groups is 2. The Morgan fingerprint density at radius 3 is 1.45 bits per heavy atom. The first-order valence-corrected chi connectivity index (χ1v) is 35.2. The Hall–Kier alpha value is -8.98. The number of aromatic hydroxyl groups is 2. The summed E-state index contributed by atoms with van der Waals surface area (Å²) in [6.07, 6.45) is -6.13. The van der Waals surface area contributed by atoms with Crippen LogP contribution in [0.15, 0.2) is 48.5 Å². The number of aliphatic hydroxyl groups excluding tert-OH is 2. The summed E-state index contributed by atoms with van der Waals surface area (Å²) in [5.41, 5.74) is 17.9. The van der Waals surface area contributed by atoms with Crippen LogP contribution in [0, 0.1) is 5.92 Å². The average Bonchev–Trinajstić information content (AvgIpc) is 1.78. The molecule has 2 aromatic carbocycles. The van der Waals surface area contributed by atoms with Crippen molar-refractivity contribution in [2.24, 2.45) is 23.1 Å². The number of phenolic OH excluding ortho intramolecular Hbond substituents is 2. The molecule has 22 N–H and O–H groups in total. The summed E-state index contributed by atoms with van der Waals surface area (Å²) in [6.45, 7) is 5.38. The molecule has 2 saturated heterocycles. The summed E-state index contributed by atoms with van der Waals surface area (Å²) >= 11 is 1.19. The Morgan fingerprint density at radius 1 is 0.535 bits per heavy atom. The number of phenols is 2. The van der Waals surface area contributed by atoms with Crippen LogP contribution in [0.2, 0.25) is 0 Å². The molecule has 2 aromatic rings. The van der Waals surface area contributed by atoms with Crippen molar-refractivity contribution in [3.8, 4) is 11.5 Å². The van der Waals surface area contributed by atoms with Gasteiger partial charge in [0, 0.05) is 37.3 Å². The number of hydrogen-bond donors (Lipinski definition) is 19. The zero-order valence-electron chi connectivity index (χ0n) is 54.9. The molecular formula is C61H88N14O21S3. The molecule has 38 heteroatoms. The minimum absolute atomic E-state index is 0.0483. The lowest BCUT2D eigenvalue weighted by Crippen LogP contribution is -2.63. The van der Waals surface area contributed by atoms with E-state index in [1.54, 1.807) is 20.1 Å². The Morgan fingerprint density at radius 2 is 0.970 bits per heavy atom. The van der Waals surface area contributed by atoms with E-state index in [0.717, 1.165) is 40.3 Å². The third-order valence-electron chi connectivity index (χ3n) is 15.4. The third kappa shape index (κ3) is 27.3. The second-order valence-electron chi connectivity index (χ2n) is 24.1. The molecule has 2 fully saturated rings. The molecule has 35 nitrogen and oxygen atoms in total. The summed E-state index contributed by atoms with van der Waals surface area (Å²) in [7, 11) is 1.66. The van der Waals surface area contributed by atoms with E-state index in [1.165, 1.54) is 60.3 Å². The molecule has 2 aliphatic heterocycles. The minimum Gasteiger partial charge on any atom is -0.508 e. The Kier molecular flexibility index (Phi) is 33.5. The number of carbonyl (C=O) groups excluding carboxylic acids is 13. The fourth-order valence-electron chi connectivity index (χ4n) is 10.2. The number of nitrogens with one attached hydrogen (secondary N) is 10. The maximum Gasteiger partial charge on any atom is 0.327 e. The summed E-state index contributed by atoms with van der Waals surface area (Å²) in [5, 5.41) is 86.0. The maximum atomic E-state index is 14.6. The molecule has 546 valence electrons. The Bertz CT molecular complexity index is 3220. The van der Waals surface area contributed by atoms with Crippen molar-refractivity contribution in [3.05, 3.63) is 59.7 Å². The van der Waals surface area contributed by atoms with E-state index < -0.39 is 211 Å². The number of amides is 13. The fraction of sp³-hybridized carbons (Fsp3) is 0.557. The van der Waals surface area contributed by atoms with Gasteiger partial charge < -0.3 is 106 Å². The number of nitrogens with two attached hydrogens (primary N) is 3. The van der Waals surface area contributed by atoms with Gasteiger partial charge in [-0.25, -0.2) is 4.79 Å². The van der Waals surface area contributed by atoms with Gasteiger partial charge in [-0.2, -0.15) is 11.8 Å². The number of carboxylic acid groups (broad SMARTS) is 2. The fourth-order valence-corrected chi connectivity index (χ4v) is 12.9. The molecule has 0 aliphatic carbocycles. The van der Waals surface area contributed by atoms with Gasteiger partial charge in [0.1, 0.15) is 78.0 Å². The van der Waals surface area contributed by atoms with Crippen LogP contribution < -0.4 is 70.4 Å². The van der Waals surface area contributed by atoms with Crippen LogP contribution in [-0.2, 0) is 84.8 Å². The van der Waals surface area contributed by atoms with Crippen molar-refractivity contribution in [3.63, 3.8) is 0 Å².